The first-order chi connectivity index (χ1) is 12.2. The molecule has 0 fully saturated rings. The van der Waals surface area contributed by atoms with Crippen molar-refractivity contribution in [3.05, 3.63) is 39.9 Å². The molecule has 0 aromatic heterocycles. The number of ether oxygens (including phenoxy) is 1. The first-order valence-electron chi connectivity index (χ1n) is 9.00. The number of nitro groups is 1. The van der Waals surface area contributed by atoms with E-state index in [9.17, 15) is 10.1 Å². The van der Waals surface area contributed by atoms with Crippen molar-refractivity contribution < 1.29 is 9.66 Å². The largest absolute Gasteiger partial charge is 0.382 e. The van der Waals surface area contributed by atoms with Gasteiger partial charge in [-0.3, -0.25) is 10.1 Å². The van der Waals surface area contributed by atoms with Crippen LogP contribution in [-0.2, 0) is 11.3 Å². The van der Waals surface area contributed by atoms with E-state index in [2.05, 4.69) is 22.5 Å². The van der Waals surface area contributed by atoms with E-state index in [4.69, 9.17) is 4.74 Å². The first kappa shape index (κ1) is 24.6. The number of hydrogen-bond donors (Lipinski definition) is 2. The summed E-state index contributed by atoms with van der Waals surface area (Å²) in [5.41, 5.74) is 1.04. The molecular formula is C18H31IN4O3. The van der Waals surface area contributed by atoms with Crippen LogP contribution in [0.3, 0.4) is 0 Å². The van der Waals surface area contributed by atoms with Crippen molar-refractivity contribution in [1.82, 2.24) is 10.6 Å². The number of aliphatic imine (C=N–C) groups is 1. The molecule has 7 nitrogen and oxygen atoms in total. The Morgan fingerprint density at radius 2 is 1.77 bits per heavy atom. The fourth-order valence-electron chi connectivity index (χ4n) is 2.17. The molecule has 8 heteroatoms. The number of hydrogen-bond acceptors (Lipinski definition) is 4. The number of guanidine groups is 1. The highest BCUT2D eigenvalue weighted by Gasteiger charge is 2.04. The number of halogens is 1. The first-order valence-corrected chi connectivity index (χ1v) is 9.00. The van der Waals surface area contributed by atoms with E-state index in [-0.39, 0.29) is 29.7 Å². The fourth-order valence-corrected chi connectivity index (χ4v) is 2.17. The lowest BCUT2D eigenvalue weighted by Gasteiger charge is -2.12. The second kappa shape index (κ2) is 15.8. The molecule has 0 aliphatic heterocycles. The molecule has 0 saturated carbocycles. The van der Waals surface area contributed by atoms with Gasteiger partial charge in [0.2, 0.25) is 0 Å². The third kappa shape index (κ3) is 11.2. The van der Waals surface area contributed by atoms with Crippen LogP contribution in [0.1, 0.15) is 45.1 Å². The summed E-state index contributed by atoms with van der Waals surface area (Å²) in [6, 6.07) is 6.50. The molecule has 0 aliphatic rings. The van der Waals surface area contributed by atoms with E-state index >= 15 is 0 Å². The van der Waals surface area contributed by atoms with Crippen LogP contribution in [0.5, 0.6) is 0 Å². The van der Waals surface area contributed by atoms with Gasteiger partial charge in [-0.05, 0) is 25.3 Å². The molecule has 0 bridgehead atoms. The Hall–Kier alpha value is -1.42. The molecule has 26 heavy (non-hydrogen) atoms. The van der Waals surface area contributed by atoms with Crippen molar-refractivity contribution in [3.8, 4) is 0 Å². The average molecular weight is 478 g/mol. The van der Waals surface area contributed by atoms with Crippen LogP contribution < -0.4 is 10.6 Å². The zero-order chi connectivity index (χ0) is 18.3. The summed E-state index contributed by atoms with van der Waals surface area (Å²) in [5, 5.41) is 17.3. The number of nitro benzene ring substituents is 1. The zero-order valence-electron chi connectivity index (χ0n) is 15.7. The normalized spacial score (nSPS) is 10.9. The third-order valence-electron chi connectivity index (χ3n) is 3.60. The summed E-state index contributed by atoms with van der Waals surface area (Å²) in [6.07, 6.45) is 4.39. The van der Waals surface area contributed by atoms with Crippen LogP contribution in [0.25, 0.3) is 0 Å². The van der Waals surface area contributed by atoms with Gasteiger partial charge in [-0.1, -0.05) is 31.9 Å². The molecule has 0 unspecified atom stereocenters. The van der Waals surface area contributed by atoms with E-state index in [1.165, 1.54) is 25.0 Å². The summed E-state index contributed by atoms with van der Waals surface area (Å²) in [7, 11) is 0. The molecule has 1 aromatic carbocycles. The van der Waals surface area contributed by atoms with E-state index in [0.29, 0.717) is 6.54 Å². The number of non-ortho nitro benzene ring substituents is 1. The van der Waals surface area contributed by atoms with E-state index < -0.39 is 4.92 Å². The maximum atomic E-state index is 10.7. The maximum absolute atomic E-state index is 10.7. The monoisotopic (exact) mass is 478 g/mol. The molecule has 1 rings (SSSR count). The minimum absolute atomic E-state index is 0. The number of rotatable bonds is 12. The Labute approximate surface area is 173 Å². The number of benzene rings is 1. The van der Waals surface area contributed by atoms with Crippen molar-refractivity contribution in [2.45, 2.75) is 46.1 Å². The zero-order valence-corrected chi connectivity index (χ0v) is 18.0. The van der Waals surface area contributed by atoms with Gasteiger partial charge in [-0.15, -0.1) is 24.0 Å². The molecule has 0 atom stereocenters. The van der Waals surface area contributed by atoms with E-state index in [1.54, 1.807) is 12.1 Å². The average Bonchev–Trinajstić information content (AvgIpc) is 2.62. The predicted octanol–water partition coefficient (Wildman–Crippen LogP) is 3.86. The molecule has 0 aliphatic carbocycles. The predicted molar refractivity (Wildman–Crippen MR) is 116 cm³/mol. The lowest BCUT2D eigenvalue weighted by molar-refractivity contribution is -0.384. The summed E-state index contributed by atoms with van der Waals surface area (Å²) < 4.78 is 5.33. The summed E-state index contributed by atoms with van der Waals surface area (Å²) >= 11 is 0. The van der Waals surface area contributed by atoms with Gasteiger partial charge in [0.1, 0.15) is 0 Å². The molecule has 2 N–H and O–H groups in total. The van der Waals surface area contributed by atoms with Gasteiger partial charge in [-0.2, -0.15) is 0 Å². The number of nitrogens with zero attached hydrogens (tertiary/aromatic N) is 2. The number of unbranched alkanes of at least 4 members (excludes halogenated alkanes) is 2. The van der Waals surface area contributed by atoms with Gasteiger partial charge < -0.3 is 15.4 Å². The van der Waals surface area contributed by atoms with Gasteiger partial charge in [-0.25, -0.2) is 4.99 Å². The van der Waals surface area contributed by atoms with Gasteiger partial charge in [0.15, 0.2) is 5.96 Å². The van der Waals surface area contributed by atoms with Crippen LogP contribution in [0.15, 0.2) is 29.3 Å². The van der Waals surface area contributed by atoms with E-state index in [1.807, 2.05) is 6.92 Å². The summed E-state index contributed by atoms with van der Waals surface area (Å²) in [5.74, 6) is 0.769. The summed E-state index contributed by atoms with van der Waals surface area (Å²) in [4.78, 5) is 14.9. The van der Waals surface area contributed by atoms with Gasteiger partial charge in [0.25, 0.3) is 5.69 Å². The van der Waals surface area contributed by atoms with Gasteiger partial charge in [0, 0.05) is 38.4 Å². The Kier molecular flexibility index (Phi) is 14.9. The summed E-state index contributed by atoms with van der Waals surface area (Å²) in [6.45, 7) is 7.78. The van der Waals surface area contributed by atoms with Crippen LogP contribution in [0, 0.1) is 10.1 Å². The molecule has 0 heterocycles. The minimum atomic E-state index is -0.395. The van der Waals surface area contributed by atoms with Crippen molar-refractivity contribution in [1.29, 1.82) is 0 Å². The smallest absolute Gasteiger partial charge is 0.269 e. The van der Waals surface area contributed by atoms with Crippen molar-refractivity contribution in [2.24, 2.45) is 4.99 Å². The van der Waals surface area contributed by atoms with Crippen molar-refractivity contribution in [2.75, 3.05) is 26.3 Å². The Bertz CT molecular complexity index is 524. The van der Waals surface area contributed by atoms with Gasteiger partial charge >= 0.3 is 0 Å². The van der Waals surface area contributed by atoms with Crippen molar-refractivity contribution in [3.63, 3.8) is 0 Å². The van der Waals surface area contributed by atoms with Crippen LogP contribution in [-0.4, -0.2) is 37.2 Å². The molecule has 0 saturated heterocycles. The maximum Gasteiger partial charge on any atom is 0.269 e. The Morgan fingerprint density at radius 1 is 1.12 bits per heavy atom. The molecule has 0 radical (unpaired) electrons. The lowest BCUT2D eigenvalue weighted by Crippen LogP contribution is -2.38. The van der Waals surface area contributed by atoms with Crippen LogP contribution in [0.4, 0.5) is 5.69 Å². The minimum Gasteiger partial charge on any atom is -0.382 e. The molecule has 148 valence electrons. The Morgan fingerprint density at radius 3 is 2.35 bits per heavy atom. The Balaban J connectivity index is 0.00000625. The van der Waals surface area contributed by atoms with E-state index in [0.717, 1.165) is 50.7 Å². The number of nitrogens with one attached hydrogen (secondary N) is 2. The highest BCUT2D eigenvalue weighted by Crippen LogP contribution is 2.12. The van der Waals surface area contributed by atoms with Gasteiger partial charge in [0.05, 0.1) is 11.5 Å². The SMILES string of the molecule is CCCCCNC(=NCc1ccc([N+](=O)[O-])cc1)NCCCOCC.I. The van der Waals surface area contributed by atoms with Crippen LogP contribution >= 0.6 is 24.0 Å². The topological polar surface area (TPSA) is 88.8 Å². The fraction of sp³-hybridized carbons (Fsp3) is 0.611. The van der Waals surface area contributed by atoms with Crippen molar-refractivity contribution >= 4 is 35.6 Å². The standard InChI is InChI=1S/C18H30N4O3.HI/c1-3-5-6-12-19-18(20-13-7-14-25-4-2)21-15-16-8-10-17(11-9-16)22(23)24;/h8-11H,3-7,12-15H2,1-2H3,(H2,19,20,21);1H. The molecule has 0 spiro atoms. The molecule has 0 amide bonds. The second-order valence-corrected chi connectivity index (χ2v) is 5.70. The lowest BCUT2D eigenvalue weighted by atomic mass is 10.2. The molecular weight excluding hydrogens is 447 g/mol. The highest BCUT2D eigenvalue weighted by atomic mass is 127. The van der Waals surface area contributed by atoms with Crippen LogP contribution in [0.2, 0.25) is 0 Å². The second-order valence-electron chi connectivity index (χ2n) is 5.70. The third-order valence-corrected chi connectivity index (χ3v) is 3.60. The highest BCUT2D eigenvalue weighted by molar-refractivity contribution is 14.0. The quantitative estimate of drug-likeness (QED) is 0.119. The molecule has 1 aromatic rings.